The number of carbonyl (C=O) groups is 1. The van der Waals surface area contributed by atoms with Crippen LogP contribution in [0.1, 0.15) is 12.8 Å². The topological polar surface area (TPSA) is 59.6 Å². The first-order chi connectivity index (χ1) is 7.34. The molecule has 0 aromatic heterocycles. The second kappa shape index (κ2) is 9.84. The number of rotatable bonds is 7. The number of halogens is 1. The van der Waals surface area contributed by atoms with E-state index in [9.17, 15) is 4.79 Å². The van der Waals surface area contributed by atoms with Crippen molar-refractivity contribution in [1.82, 2.24) is 10.6 Å². The average molecular weight is 253 g/mol. The highest BCUT2D eigenvalue weighted by Gasteiger charge is 2.20. The highest BCUT2D eigenvalue weighted by atomic mass is 35.5. The van der Waals surface area contributed by atoms with Crippen LogP contribution in [-0.2, 0) is 14.3 Å². The average Bonchev–Trinajstić information content (AvgIpc) is 2.76. The standard InChI is InChI=1S/C10H20N2O3.ClH/c1-14-7-8-15-6-5-12-10(13)9-3-2-4-11-9;/h9,11H,2-8H2,1H3,(H,12,13);1H. The molecule has 0 aromatic carbocycles. The van der Waals surface area contributed by atoms with Crippen LogP contribution in [0.4, 0.5) is 0 Å². The first-order valence-corrected chi connectivity index (χ1v) is 5.42. The molecule has 96 valence electrons. The molecule has 1 saturated heterocycles. The van der Waals surface area contributed by atoms with Gasteiger partial charge < -0.3 is 20.1 Å². The summed E-state index contributed by atoms with van der Waals surface area (Å²) in [5, 5.41) is 5.98. The number of hydrogen-bond donors (Lipinski definition) is 2. The first-order valence-electron chi connectivity index (χ1n) is 5.42. The van der Waals surface area contributed by atoms with Crippen LogP contribution in [0.25, 0.3) is 0 Å². The third-order valence-corrected chi connectivity index (χ3v) is 2.35. The predicted molar refractivity (Wildman–Crippen MR) is 64.0 cm³/mol. The molecule has 0 spiro atoms. The molecule has 1 rings (SSSR count). The third-order valence-electron chi connectivity index (χ3n) is 2.35. The SMILES string of the molecule is COCCOCCNC(=O)C1CCCN1.Cl. The van der Waals surface area contributed by atoms with E-state index in [-0.39, 0.29) is 24.4 Å². The van der Waals surface area contributed by atoms with E-state index < -0.39 is 0 Å². The molecule has 1 aliphatic heterocycles. The summed E-state index contributed by atoms with van der Waals surface area (Å²) < 4.78 is 10.1. The quantitative estimate of drug-likeness (QED) is 0.624. The molecule has 2 N–H and O–H groups in total. The van der Waals surface area contributed by atoms with E-state index in [2.05, 4.69) is 10.6 Å². The predicted octanol–water partition coefficient (Wildman–Crippen LogP) is -0.0606. The van der Waals surface area contributed by atoms with Crippen LogP contribution in [0, 0.1) is 0 Å². The normalized spacial score (nSPS) is 19.2. The van der Waals surface area contributed by atoms with Gasteiger partial charge in [-0.3, -0.25) is 4.79 Å². The van der Waals surface area contributed by atoms with Crippen LogP contribution in [0.2, 0.25) is 0 Å². The van der Waals surface area contributed by atoms with Gasteiger partial charge in [0.15, 0.2) is 0 Å². The van der Waals surface area contributed by atoms with Crippen LogP contribution in [-0.4, -0.2) is 52.0 Å². The molecule has 1 unspecified atom stereocenters. The lowest BCUT2D eigenvalue weighted by Gasteiger charge is -2.10. The van der Waals surface area contributed by atoms with Crippen molar-refractivity contribution in [3.63, 3.8) is 0 Å². The van der Waals surface area contributed by atoms with Gasteiger partial charge in [0.1, 0.15) is 0 Å². The number of methoxy groups -OCH3 is 1. The lowest BCUT2D eigenvalue weighted by Crippen LogP contribution is -2.41. The Morgan fingerprint density at radius 2 is 2.25 bits per heavy atom. The maximum atomic E-state index is 11.5. The Kier molecular flexibility index (Phi) is 9.62. The van der Waals surface area contributed by atoms with Gasteiger partial charge in [-0.25, -0.2) is 0 Å². The molecule has 16 heavy (non-hydrogen) atoms. The molecule has 0 aromatic rings. The Hall–Kier alpha value is -0.360. The third kappa shape index (κ3) is 6.27. The minimum Gasteiger partial charge on any atom is -0.382 e. The van der Waals surface area contributed by atoms with Crippen LogP contribution in [0.3, 0.4) is 0 Å². The van der Waals surface area contributed by atoms with Crippen LogP contribution in [0.5, 0.6) is 0 Å². The van der Waals surface area contributed by atoms with Crippen molar-refractivity contribution in [2.24, 2.45) is 0 Å². The highest BCUT2D eigenvalue weighted by Crippen LogP contribution is 2.03. The smallest absolute Gasteiger partial charge is 0.237 e. The highest BCUT2D eigenvalue weighted by molar-refractivity contribution is 5.85. The Morgan fingerprint density at radius 1 is 1.44 bits per heavy atom. The molecule has 5 nitrogen and oxygen atoms in total. The van der Waals surface area contributed by atoms with Crippen molar-refractivity contribution in [3.05, 3.63) is 0 Å². The summed E-state index contributed by atoms with van der Waals surface area (Å²) >= 11 is 0. The summed E-state index contributed by atoms with van der Waals surface area (Å²) in [6, 6.07) is 0.00368. The van der Waals surface area contributed by atoms with E-state index in [1.54, 1.807) is 7.11 Å². The molecule has 0 radical (unpaired) electrons. The molecular formula is C10H21ClN2O3. The molecule has 6 heteroatoms. The van der Waals surface area contributed by atoms with E-state index in [1.807, 2.05) is 0 Å². The van der Waals surface area contributed by atoms with Gasteiger partial charge in [-0.2, -0.15) is 0 Å². The zero-order valence-electron chi connectivity index (χ0n) is 9.66. The molecule has 1 aliphatic rings. The summed E-state index contributed by atoms with van der Waals surface area (Å²) in [5.74, 6) is 0.0860. The molecule has 1 amide bonds. The van der Waals surface area contributed by atoms with Crippen LogP contribution >= 0.6 is 12.4 Å². The Balaban J connectivity index is 0.00000225. The van der Waals surface area contributed by atoms with Gasteiger partial charge in [-0.05, 0) is 19.4 Å². The second-order valence-corrected chi connectivity index (χ2v) is 3.55. The fraction of sp³-hybridized carbons (Fsp3) is 0.900. The summed E-state index contributed by atoms with van der Waals surface area (Å²) in [4.78, 5) is 11.5. The van der Waals surface area contributed by atoms with Crippen molar-refractivity contribution in [2.75, 3.05) is 40.0 Å². The fourth-order valence-corrected chi connectivity index (χ4v) is 1.52. The van der Waals surface area contributed by atoms with E-state index in [0.717, 1.165) is 19.4 Å². The summed E-state index contributed by atoms with van der Waals surface area (Å²) in [6.45, 7) is 3.23. The fourth-order valence-electron chi connectivity index (χ4n) is 1.52. The van der Waals surface area contributed by atoms with Gasteiger partial charge in [-0.15, -0.1) is 12.4 Å². The maximum absolute atomic E-state index is 11.5. The van der Waals surface area contributed by atoms with Gasteiger partial charge in [0, 0.05) is 13.7 Å². The molecule has 1 atom stereocenters. The number of hydrogen-bond acceptors (Lipinski definition) is 4. The van der Waals surface area contributed by atoms with Crippen LogP contribution < -0.4 is 10.6 Å². The molecular weight excluding hydrogens is 232 g/mol. The van der Waals surface area contributed by atoms with Crippen molar-refractivity contribution < 1.29 is 14.3 Å². The summed E-state index contributed by atoms with van der Waals surface area (Å²) in [5.41, 5.74) is 0. The van der Waals surface area contributed by atoms with Crippen LogP contribution in [0.15, 0.2) is 0 Å². The van der Waals surface area contributed by atoms with Gasteiger partial charge in [0.25, 0.3) is 0 Å². The van der Waals surface area contributed by atoms with E-state index >= 15 is 0 Å². The van der Waals surface area contributed by atoms with E-state index in [0.29, 0.717) is 26.4 Å². The lowest BCUT2D eigenvalue weighted by atomic mass is 10.2. The van der Waals surface area contributed by atoms with Crippen molar-refractivity contribution in [3.8, 4) is 0 Å². The maximum Gasteiger partial charge on any atom is 0.237 e. The van der Waals surface area contributed by atoms with E-state index in [1.165, 1.54) is 0 Å². The first kappa shape index (κ1) is 15.6. The lowest BCUT2D eigenvalue weighted by molar-refractivity contribution is -0.123. The molecule has 1 heterocycles. The van der Waals surface area contributed by atoms with Gasteiger partial charge in [0.05, 0.1) is 25.9 Å². The monoisotopic (exact) mass is 252 g/mol. The van der Waals surface area contributed by atoms with Gasteiger partial charge in [-0.1, -0.05) is 0 Å². The van der Waals surface area contributed by atoms with Crippen molar-refractivity contribution in [1.29, 1.82) is 0 Å². The summed E-state index contributed by atoms with van der Waals surface area (Å²) in [7, 11) is 1.64. The summed E-state index contributed by atoms with van der Waals surface area (Å²) in [6.07, 6.45) is 2.03. The Bertz CT molecular complexity index is 187. The van der Waals surface area contributed by atoms with Gasteiger partial charge >= 0.3 is 0 Å². The Labute approximate surface area is 103 Å². The molecule has 1 fully saturated rings. The van der Waals surface area contributed by atoms with E-state index in [4.69, 9.17) is 9.47 Å². The number of amides is 1. The molecule has 0 bridgehead atoms. The Morgan fingerprint density at radius 3 is 2.88 bits per heavy atom. The molecule has 0 aliphatic carbocycles. The molecule has 0 saturated carbocycles. The van der Waals surface area contributed by atoms with Gasteiger partial charge in [0.2, 0.25) is 5.91 Å². The second-order valence-electron chi connectivity index (χ2n) is 3.55. The minimum atomic E-state index is 0. The number of carbonyl (C=O) groups excluding carboxylic acids is 1. The minimum absolute atomic E-state index is 0. The zero-order chi connectivity index (χ0) is 10.9. The number of ether oxygens (including phenoxy) is 2. The van der Waals surface area contributed by atoms with Crippen molar-refractivity contribution in [2.45, 2.75) is 18.9 Å². The number of nitrogens with one attached hydrogen (secondary N) is 2. The zero-order valence-corrected chi connectivity index (χ0v) is 10.5. The van der Waals surface area contributed by atoms with Crippen molar-refractivity contribution >= 4 is 18.3 Å². The largest absolute Gasteiger partial charge is 0.382 e.